The maximum Gasteiger partial charge on any atom is 0.194 e. The van der Waals surface area contributed by atoms with Gasteiger partial charge in [-0.3, -0.25) is 9.78 Å². The normalized spacial score (nSPS) is 10.7. The summed E-state index contributed by atoms with van der Waals surface area (Å²) in [6.45, 7) is 0. The van der Waals surface area contributed by atoms with Gasteiger partial charge in [0.2, 0.25) is 0 Å². The highest BCUT2D eigenvalue weighted by Crippen LogP contribution is 2.26. The number of carbonyl (C=O) groups excluding carboxylic acids is 1. The van der Waals surface area contributed by atoms with Crippen LogP contribution in [-0.2, 0) is 0 Å². The molecule has 1 heterocycles. The fraction of sp³-hybridized carbons (Fsp3) is 0. The summed E-state index contributed by atoms with van der Waals surface area (Å²) in [5.74, 6) is -0.0169. The molecule has 3 rings (SSSR count). The van der Waals surface area contributed by atoms with E-state index in [1.54, 1.807) is 6.20 Å². The minimum absolute atomic E-state index is 0.0169. The third kappa shape index (κ3) is 2.41. The summed E-state index contributed by atoms with van der Waals surface area (Å²) in [6.07, 6.45) is 1.73. The summed E-state index contributed by atoms with van der Waals surface area (Å²) in [5.41, 5.74) is 2.12. The van der Waals surface area contributed by atoms with E-state index in [4.69, 9.17) is 0 Å². The molecule has 0 atom stereocenters. The molecule has 1 aromatic heterocycles. The van der Waals surface area contributed by atoms with Crippen molar-refractivity contribution in [1.82, 2.24) is 4.98 Å². The molecule has 2 aromatic carbocycles. The smallest absolute Gasteiger partial charge is 0.194 e. The van der Waals surface area contributed by atoms with Crippen molar-refractivity contribution >= 4 is 48.5 Å². The van der Waals surface area contributed by atoms with Gasteiger partial charge in [0.1, 0.15) is 0 Å². The molecule has 0 spiro atoms. The Morgan fingerprint density at radius 1 is 0.950 bits per heavy atom. The van der Waals surface area contributed by atoms with Crippen molar-refractivity contribution in [1.29, 1.82) is 0 Å². The molecular formula is C16H9Br2NO. The highest BCUT2D eigenvalue weighted by molar-refractivity contribution is 9.11. The SMILES string of the molecule is O=C(c1cc(Br)ccc1Br)c1cccc2ncccc12. The largest absolute Gasteiger partial charge is 0.289 e. The minimum atomic E-state index is -0.0169. The van der Waals surface area contributed by atoms with Crippen molar-refractivity contribution in [3.05, 3.63) is 74.8 Å². The summed E-state index contributed by atoms with van der Waals surface area (Å²) >= 11 is 6.84. The molecule has 0 saturated carbocycles. The molecule has 0 N–H and O–H groups in total. The third-order valence-corrected chi connectivity index (χ3v) is 4.25. The van der Waals surface area contributed by atoms with Gasteiger partial charge in [-0.05, 0) is 30.3 Å². The third-order valence-electron chi connectivity index (χ3n) is 3.06. The molecule has 3 aromatic rings. The lowest BCUT2D eigenvalue weighted by Gasteiger charge is -2.07. The van der Waals surface area contributed by atoms with E-state index < -0.39 is 0 Å². The van der Waals surface area contributed by atoms with Gasteiger partial charge < -0.3 is 0 Å². The van der Waals surface area contributed by atoms with Crippen LogP contribution in [-0.4, -0.2) is 10.8 Å². The molecule has 0 amide bonds. The van der Waals surface area contributed by atoms with Gasteiger partial charge in [0.05, 0.1) is 5.52 Å². The average molecular weight is 391 g/mol. The number of aromatic nitrogens is 1. The zero-order valence-electron chi connectivity index (χ0n) is 10.3. The van der Waals surface area contributed by atoms with Gasteiger partial charge in [-0.25, -0.2) is 0 Å². The topological polar surface area (TPSA) is 30.0 Å². The van der Waals surface area contributed by atoms with Crippen molar-refractivity contribution in [3.63, 3.8) is 0 Å². The van der Waals surface area contributed by atoms with Crippen LogP contribution in [0.15, 0.2) is 63.7 Å². The zero-order valence-corrected chi connectivity index (χ0v) is 13.5. The summed E-state index contributed by atoms with van der Waals surface area (Å²) in [7, 11) is 0. The fourth-order valence-corrected chi connectivity index (χ4v) is 2.91. The number of rotatable bonds is 2. The van der Waals surface area contributed by atoms with Crippen molar-refractivity contribution in [2.75, 3.05) is 0 Å². The van der Waals surface area contributed by atoms with Gasteiger partial charge in [-0.2, -0.15) is 0 Å². The molecule has 0 bridgehead atoms. The van der Waals surface area contributed by atoms with Crippen LogP contribution in [0, 0.1) is 0 Å². The van der Waals surface area contributed by atoms with E-state index in [2.05, 4.69) is 36.8 Å². The Morgan fingerprint density at radius 2 is 1.80 bits per heavy atom. The summed E-state index contributed by atoms with van der Waals surface area (Å²) in [4.78, 5) is 17.0. The number of hydrogen-bond acceptors (Lipinski definition) is 2. The lowest BCUT2D eigenvalue weighted by atomic mass is 9.99. The Morgan fingerprint density at radius 3 is 2.65 bits per heavy atom. The van der Waals surface area contributed by atoms with Gasteiger partial charge in [0.15, 0.2) is 5.78 Å². The monoisotopic (exact) mass is 389 g/mol. The predicted octanol–water partition coefficient (Wildman–Crippen LogP) is 4.99. The second-order valence-corrected chi connectivity index (χ2v) is 6.10. The first kappa shape index (κ1) is 13.5. The van der Waals surface area contributed by atoms with Crippen LogP contribution in [0.2, 0.25) is 0 Å². The van der Waals surface area contributed by atoms with E-state index in [9.17, 15) is 4.79 Å². The second kappa shape index (κ2) is 5.46. The molecule has 0 saturated heterocycles. The number of ketones is 1. The van der Waals surface area contributed by atoms with E-state index in [0.29, 0.717) is 11.1 Å². The van der Waals surface area contributed by atoms with Crippen LogP contribution in [0.4, 0.5) is 0 Å². The average Bonchev–Trinajstić information content (AvgIpc) is 2.48. The Hall–Kier alpha value is -1.52. The summed E-state index contributed by atoms with van der Waals surface area (Å²) < 4.78 is 1.66. The first-order valence-electron chi connectivity index (χ1n) is 6.00. The van der Waals surface area contributed by atoms with Crippen LogP contribution < -0.4 is 0 Å². The first-order valence-corrected chi connectivity index (χ1v) is 7.59. The van der Waals surface area contributed by atoms with E-state index >= 15 is 0 Å². The van der Waals surface area contributed by atoms with E-state index in [0.717, 1.165) is 19.8 Å². The molecule has 0 radical (unpaired) electrons. The molecule has 2 nitrogen and oxygen atoms in total. The second-order valence-electron chi connectivity index (χ2n) is 4.33. The zero-order chi connectivity index (χ0) is 14.1. The number of nitrogens with zero attached hydrogens (tertiary/aromatic N) is 1. The van der Waals surface area contributed by atoms with Gasteiger partial charge in [0, 0.05) is 31.7 Å². The van der Waals surface area contributed by atoms with Gasteiger partial charge in [-0.1, -0.05) is 50.1 Å². The van der Waals surface area contributed by atoms with Crippen molar-refractivity contribution in [2.24, 2.45) is 0 Å². The van der Waals surface area contributed by atoms with E-state index in [1.807, 2.05) is 48.5 Å². The number of fused-ring (bicyclic) bond motifs is 1. The van der Waals surface area contributed by atoms with Crippen molar-refractivity contribution in [3.8, 4) is 0 Å². The summed E-state index contributed by atoms with van der Waals surface area (Å²) in [5, 5.41) is 0.867. The van der Waals surface area contributed by atoms with Crippen LogP contribution in [0.1, 0.15) is 15.9 Å². The highest BCUT2D eigenvalue weighted by Gasteiger charge is 2.15. The Labute approximate surface area is 133 Å². The van der Waals surface area contributed by atoms with Crippen LogP contribution in [0.5, 0.6) is 0 Å². The standard InChI is InChI=1S/C16H9Br2NO/c17-10-6-7-14(18)13(9-10)16(20)12-3-1-5-15-11(12)4-2-8-19-15/h1-9H. The molecule has 0 unspecified atom stereocenters. The number of benzene rings is 2. The summed E-state index contributed by atoms with van der Waals surface area (Å²) in [6, 6.07) is 14.9. The lowest BCUT2D eigenvalue weighted by molar-refractivity contribution is 0.103. The number of hydrogen-bond donors (Lipinski definition) is 0. The molecule has 4 heteroatoms. The predicted molar refractivity (Wildman–Crippen MR) is 87.0 cm³/mol. The fourth-order valence-electron chi connectivity index (χ4n) is 2.12. The molecule has 0 aliphatic heterocycles. The molecule has 98 valence electrons. The van der Waals surface area contributed by atoms with Gasteiger partial charge >= 0.3 is 0 Å². The van der Waals surface area contributed by atoms with Crippen LogP contribution in [0.3, 0.4) is 0 Å². The molecule has 20 heavy (non-hydrogen) atoms. The Balaban J connectivity index is 2.20. The molecule has 0 aliphatic rings. The van der Waals surface area contributed by atoms with E-state index in [1.165, 1.54) is 0 Å². The van der Waals surface area contributed by atoms with Crippen LogP contribution >= 0.6 is 31.9 Å². The Kier molecular flexibility index (Phi) is 3.68. The first-order chi connectivity index (χ1) is 9.66. The number of pyridine rings is 1. The molecular weight excluding hydrogens is 382 g/mol. The Bertz CT molecular complexity index is 809. The lowest BCUT2D eigenvalue weighted by Crippen LogP contribution is -2.03. The van der Waals surface area contributed by atoms with Gasteiger partial charge in [-0.15, -0.1) is 0 Å². The van der Waals surface area contributed by atoms with Crippen molar-refractivity contribution in [2.45, 2.75) is 0 Å². The van der Waals surface area contributed by atoms with Crippen LogP contribution in [0.25, 0.3) is 10.9 Å². The number of carbonyl (C=O) groups is 1. The molecule has 0 fully saturated rings. The maximum atomic E-state index is 12.8. The van der Waals surface area contributed by atoms with E-state index in [-0.39, 0.29) is 5.78 Å². The number of halogens is 2. The molecule has 0 aliphatic carbocycles. The van der Waals surface area contributed by atoms with Crippen molar-refractivity contribution < 1.29 is 4.79 Å². The minimum Gasteiger partial charge on any atom is -0.289 e. The quantitative estimate of drug-likeness (QED) is 0.577. The van der Waals surface area contributed by atoms with Gasteiger partial charge in [0.25, 0.3) is 0 Å². The maximum absolute atomic E-state index is 12.8. The highest BCUT2D eigenvalue weighted by atomic mass is 79.9.